The summed E-state index contributed by atoms with van der Waals surface area (Å²) in [7, 11) is 3.42. The molecule has 7 rings (SSSR count). The second-order valence-corrected chi connectivity index (χ2v) is 16.1. The molecular formula is C35H36ClN7O4S2. The first-order chi connectivity index (χ1) is 23.6. The van der Waals surface area contributed by atoms with Gasteiger partial charge in [0.25, 0.3) is 0 Å². The summed E-state index contributed by atoms with van der Waals surface area (Å²) in [5, 5.41) is 12.0. The highest BCUT2D eigenvalue weighted by atomic mass is 35.5. The van der Waals surface area contributed by atoms with Crippen molar-refractivity contribution >= 4 is 73.3 Å². The summed E-state index contributed by atoms with van der Waals surface area (Å²) in [6, 6.07) is 9.90. The van der Waals surface area contributed by atoms with E-state index in [4.69, 9.17) is 16.7 Å². The van der Waals surface area contributed by atoms with E-state index in [0.29, 0.717) is 59.9 Å². The SMILES string of the molecule is CC(=O)c1nn2c3c(cc(-c4cnc(C)nc4)cc13)CCCSSCCC(=O)NC[C@@]13C[C@@H](C(=O)Nc4ccc(Cl)cc4)N(C(=O)C2)[C@@H]1C3. The summed E-state index contributed by atoms with van der Waals surface area (Å²) in [6.07, 6.45) is 6.59. The Morgan fingerprint density at radius 2 is 1.78 bits per heavy atom. The molecule has 2 aromatic heterocycles. The molecule has 1 saturated heterocycles. The van der Waals surface area contributed by atoms with Gasteiger partial charge in [-0.15, -0.1) is 0 Å². The highest BCUT2D eigenvalue weighted by molar-refractivity contribution is 8.76. The number of hydrogen-bond acceptors (Lipinski definition) is 9. The van der Waals surface area contributed by atoms with Gasteiger partial charge in [-0.25, -0.2) is 9.97 Å². The van der Waals surface area contributed by atoms with Crippen LogP contribution in [0.1, 0.15) is 54.5 Å². The summed E-state index contributed by atoms with van der Waals surface area (Å²) >= 11 is 6.06. The Bertz CT molecular complexity index is 1950. The average molecular weight is 718 g/mol. The van der Waals surface area contributed by atoms with Crippen LogP contribution in [0.15, 0.2) is 48.8 Å². The maximum Gasteiger partial charge on any atom is 0.247 e. The number of aryl methyl sites for hydroxylation is 2. The van der Waals surface area contributed by atoms with E-state index >= 15 is 0 Å². The molecule has 2 fully saturated rings. The number of amides is 3. The molecule has 254 valence electrons. The van der Waals surface area contributed by atoms with Gasteiger partial charge in [0, 0.05) is 76.9 Å². The molecule has 1 aliphatic carbocycles. The fraction of sp³-hybridized carbons (Fsp3) is 0.400. The zero-order valence-electron chi connectivity index (χ0n) is 27.2. The van der Waals surface area contributed by atoms with Gasteiger partial charge in [-0.3, -0.25) is 23.9 Å². The van der Waals surface area contributed by atoms with Gasteiger partial charge in [-0.2, -0.15) is 5.10 Å². The third-order valence-electron chi connectivity index (χ3n) is 9.58. The second-order valence-electron chi connectivity index (χ2n) is 13.0. The van der Waals surface area contributed by atoms with E-state index in [2.05, 4.69) is 26.7 Å². The Balaban J connectivity index is 1.28. The van der Waals surface area contributed by atoms with Gasteiger partial charge in [0.1, 0.15) is 24.1 Å². The van der Waals surface area contributed by atoms with Crippen LogP contribution < -0.4 is 10.6 Å². The predicted octanol–water partition coefficient (Wildman–Crippen LogP) is 5.49. The average Bonchev–Trinajstić information content (AvgIpc) is 3.49. The van der Waals surface area contributed by atoms with Crippen molar-refractivity contribution in [2.75, 3.05) is 23.4 Å². The van der Waals surface area contributed by atoms with Crippen LogP contribution >= 0.6 is 33.2 Å². The number of ketones is 1. The first-order valence-electron chi connectivity index (χ1n) is 16.3. The minimum Gasteiger partial charge on any atom is -0.355 e. The Morgan fingerprint density at radius 1 is 1.02 bits per heavy atom. The van der Waals surface area contributed by atoms with Crippen LogP contribution in [-0.4, -0.2) is 78.3 Å². The Labute approximate surface area is 296 Å². The van der Waals surface area contributed by atoms with Gasteiger partial charge >= 0.3 is 0 Å². The molecule has 1 saturated carbocycles. The van der Waals surface area contributed by atoms with Crippen LogP contribution in [0.2, 0.25) is 5.02 Å². The molecule has 0 spiro atoms. The quantitative estimate of drug-likeness (QED) is 0.207. The van der Waals surface area contributed by atoms with Gasteiger partial charge in [-0.05, 0) is 80.1 Å². The number of carbonyl (C=O) groups excluding carboxylic acids is 4. The molecule has 2 N–H and O–H groups in total. The maximum absolute atomic E-state index is 14.4. The normalized spacial score (nSPS) is 23.0. The van der Waals surface area contributed by atoms with Gasteiger partial charge < -0.3 is 15.5 Å². The molecule has 0 radical (unpaired) electrons. The lowest BCUT2D eigenvalue weighted by molar-refractivity contribution is -0.138. The summed E-state index contributed by atoms with van der Waals surface area (Å²) < 4.78 is 1.64. The predicted molar refractivity (Wildman–Crippen MR) is 193 cm³/mol. The number of carbonyl (C=O) groups is 4. The van der Waals surface area contributed by atoms with Crippen molar-refractivity contribution in [3.05, 3.63) is 70.9 Å². The first kappa shape index (κ1) is 33.6. The zero-order chi connectivity index (χ0) is 34.3. The summed E-state index contributed by atoms with van der Waals surface area (Å²) in [6.45, 7) is 3.57. The largest absolute Gasteiger partial charge is 0.355 e. The maximum atomic E-state index is 14.4. The number of nitrogens with zero attached hydrogens (tertiary/aromatic N) is 5. The van der Waals surface area contributed by atoms with Crippen molar-refractivity contribution in [3.8, 4) is 11.1 Å². The smallest absolute Gasteiger partial charge is 0.247 e. The molecular weight excluding hydrogens is 682 g/mol. The summed E-state index contributed by atoms with van der Waals surface area (Å²) in [5.41, 5.74) is 3.88. The van der Waals surface area contributed by atoms with Crippen LogP contribution in [-0.2, 0) is 27.3 Å². The lowest BCUT2D eigenvalue weighted by Gasteiger charge is -2.27. The van der Waals surface area contributed by atoms with Crippen molar-refractivity contribution in [2.24, 2.45) is 5.41 Å². The number of piperidine rings is 1. The molecule has 4 aromatic rings. The van der Waals surface area contributed by atoms with Crippen LogP contribution in [0.25, 0.3) is 22.0 Å². The third-order valence-corrected chi connectivity index (χ3v) is 12.3. The monoisotopic (exact) mass is 717 g/mol. The van der Waals surface area contributed by atoms with Crippen molar-refractivity contribution in [2.45, 2.75) is 64.6 Å². The molecule has 4 heterocycles. The minimum absolute atomic E-state index is 0.0292. The lowest BCUT2D eigenvalue weighted by Crippen LogP contribution is -2.46. The molecule has 2 aliphatic heterocycles. The highest BCUT2D eigenvalue weighted by Crippen LogP contribution is 2.59. The molecule has 3 amide bonds. The van der Waals surface area contributed by atoms with E-state index in [9.17, 15) is 19.2 Å². The minimum atomic E-state index is -0.741. The molecule has 11 nitrogen and oxygen atoms in total. The van der Waals surface area contributed by atoms with E-state index in [1.807, 2.05) is 13.0 Å². The highest BCUT2D eigenvalue weighted by Gasteiger charge is 2.67. The lowest BCUT2D eigenvalue weighted by atomic mass is 9.98. The summed E-state index contributed by atoms with van der Waals surface area (Å²) in [4.78, 5) is 64.4. The van der Waals surface area contributed by atoms with Crippen molar-refractivity contribution in [3.63, 3.8) is 0 Å². The van der Waals surface area contributed by atoms with E-state index in [0.717, 1.165) is 34.4 Å². The van der Waals surface area contributed by atoms with Crippen LogP contribution in [0.3, 0.4) is 0 Å². The molecule has 3 atom stereocenters. The molecule has 3 aliphatic rings. The number of Topliss-reactive ketones (excluding diaryl/α,β-unsaturated/α-hetero) is 1. The number of aromatic nitrogens is 4. The first-order valence-corrected chi connectivity index (χ1v) is 19.2. The van der Waals surface area contributed by atoms with Crippen molar-refractivity contribution in [1.82, 2.24) is 30.0 Å². The zero-order valence-corrected chi connectivity index (χ0v) is 29.6. The summed E-state index contributed by atoms with van der Waals surface area (Å²) in [5.74, 6) is 1.41. The molecule has 14 heteroatoms. The Morgan fingerprint density at radius 3 is 2.53 bits per heavy atom. The van der Waals surface area contributed by atoms with Crippen LogP contribution in [0.4, 0.5) is 5.69 Å². The Kier molecular flexibility index (Phi) is 9.42. The van der Waals surface area contributed by atoms with E-state index < -0.39 is 6.04 Å². The molecule has 2 aromatic carbocycles. The number of rotatable bonds is 4. The fourth-order valence-corrected chi connectivity index (χ4v) is 9.25. The fourth-order valence-electron chi connectivity index (χ4n) is 7.05. The van der Waals surface area contributed by atoms with Crippen molar-refractivity contribution in [1.29, 1.82) is 0 Å². The van der Waals surface area contributed by atoms with Gasteiger partial charge in [0.15, 0.2) is 5.78 Å². The van der Waals surface area contributed by atoms with Gasteiger partial charge in [0.05, 0.1) is 5.52 Å². The number of anilines is 1. The molecule has 0 unspecified atom stereocenters. The number of benzene rings is 2. The van der Waals surface area contributed by atoms with E-state index in [-0.39, 0.29) is 47.2 Å². The Hall–Kier alpha value is -3.94. The van der Waals surface area contributed by atoms with Gasteiger partial charge in [-0.1, -0.05) is 33.2 Å². The standard InChI is InChI=1S/C35H36ClN7O4S2/c1-20(44)32-27-13-23(24-16-37-21(2)38-17-24)12-22-4-3-10-48-49-11-9-30(45)39-19-35-14-28(34(47)40-26-7-5-25(36)6-8-26)43(29(35)15-35)31(46)18-42(41-32)33(22)27/h5-8,12-13,16-17,28-29H,3-4,9-11,14-15,18-19H2,1-2H3,(H,39,45)(H,40,47)/t28-,29+,35-/m0/s1. The number of nitrogens with one attached hydrogen (secondary N) is 2. The second kappa shape index (κ2) is 13.8. The van der Waals surface area contributed by atoms with Crippen LogP contribution in [0, 0.1) is 12.3 Å². The van der Waals surface area contributed by atoms with Crippen LogP contribution in [0.5, 0.6) is 0 Å². The molecule has 49 heavy (non-hydrogen) atoms. The van der Waals surface area contributed by atoms with E-state index in [1.165, 1.54) is 6.92 Å². The number of halogens is 1. The molecule has 2 bridgehead atoms. The van der Waals surface area contributed by atoms with Crippen molar-refractivity contribution < 1.29 is 19.2 Å². The van der Waals surface area contributed by atoms with Gasteiger partial charge in [0.2, 0.25) is 17.7 Å². The topological polar surface area (TPSA) is 139 Å². The van der Waals surface area contributed by atoms with E-state index in [1.54, 1.807) is 67.8 Å². The number of hydrogen-bond donors (Lipinski definition) is 2. The third kappa shape index (κ3) is 6.93.